The van der Waals surface area contributed by atoms with Gasteiger partial charge in [0, 0.05) is 6.54 Å². The fourth-order valence-corrected chi connectivity index (χ4v) is 2.15. The molecule has 1 fully saturated rings. The second kappa shape index (κ2) is 5.09. The van der Waals surface area contributed by atoms with Gasteiger partial charge in [-0.05, 0) is 42.5 Å². The number of rotatable bonds is 2. The largest absolute Gasteiger partial charge is 0.489 e. The maximum atomic E-state index is 5.96. The van der Waals surface area contributed by atoms with E-state index in [-0.39, 0.29) is 5.41 Å². The molecule has 2 heteroatoms. The van der Waals surface area contributed by atoms with Crippen LogP contribution in [0.1, 0.15) is 39.2 Å². The second-order valence-electron chi connectivity index (χ2n) is 5.86. The molecule has 1 aromatic rings. The monoisotopic (exact) mass is 233 g/mol. The van der Waals surface area contributed by atoms with Crippen LogP contribution in [0.4, 0.5) is 0 Å². The highest BCUT2D eigenvalue weighted by Crippen LogP contribution is 2.25. The smallest absolute Gasteiger partial charge is 0.119 e. The van der Waals surface area contributed by atoms with Gasteiger partial charge in [0.05, 0.1) is 0 Å². The lowest BCUT2D eigenvalue weighted by Gasteiger charge is -2.24. The van der Waals surface area contributed by atoms with Crippen LogP contribution in [0.3, 0.4) is 0 Å². The van der Waals surface area contributed by atoms with Gasteiger partial charge in [-0.1, -0.05) is 32.9 Å². The van der Waals surface area contributed by atoms with Crippen LogP contribution in [0.5, 0.6) is 5.75 Å². The van der Waals surface area contributed by atoms with Gasteiger partial charge in [-0.15, -0.1) is 0 Å². The average molecular weight is 233 g/mol. The number of benzene rings is 1. The Morgan fingerprint density at radius 3 is 2.41 bits per heavy atom. The molecule has 0 spiro atoms. The van der Waals surface area contributed by atoms with Crippen LogP contribution in [0.25, 0.3) is 0 Å². The van der Waals surface area contributed by atoms with Crippen LogP contribution < -0.4 is 10.1 Å². The third-order valence-corrected chi connectivity index (χ3v) is 3.27. The second-order valence-corrected chi connectivity index (χ2v) is 5.86. The molecule has 0 aliphatic carbocycles. The summed E-state index contributed by atoms with van der Waals surface area (Å²) in [6, 6.07) is 8.53. The number of hydrogen-bond acceptors (Lipinski definition) is 2. The first-order valence-electron chi connectivity index (χ1n) is 6.53. The summed E-state index contributed by atoms with van der Waals surface area (Å²) in [6.45, 7) is 8.79. The molecule has 1 heterocycles. The Morgan fingerprint density at radius 1 is 1.18 bits per heavy atom. The third kappa shape index (κ3) is 3.47. The predicted molar refractivity (Wildman–Crippen MR) is 71.7 cm³/mol. The van der Waals surface area contributed by atoms with Crippen LogP contribution in [0.15, 0.2) is 24.3 Å². The van der Waals surface area contributed by atoms with Gasteiger partial charge in [0.25, 0.3) is 0 Å². The average Bonchev–Trinajstić information content (AvgIpc) is 2.30. The van der Waals surface area contributed by atoms with Crippen LogP contribution in [0, 0.1) is 0 Å². The molecule has 0 saturated carbocycles. The van der Waals surface area contributed by atoms with Crippen molar-refractivity contribution in [1.82, 2.24) is 5.32 Å². The van der Waals surface area contributed by atoms with Crippen molar-refractivity contribution in [1.29, 1.82) is 0 Å². The van der Waals surface area contributed by atoms with Crippen LogP contribution in [-0.2, 0) is 5.41 Å². The molecule has 1 N–H and O–H groups in total. The summed E-state index contributed by atoms with van der Waals surface area (Å²) in [6.07, 6.45) is 2.71. The van der Waals surface area contributed by atoms with E-state index in [1.54, 1.807) is 0 Å². The molecule has 1 atom stereocenters. The molecule has 1 aromatic carbocycles. The van der Waals surface area contributed by atoms with E-state index in [0.717, 1.165) is 25.3 Å². The van der Waals surface area contributed by atoms with Gasteiger partial charge in [-0.25, -0.2) is 0 Å². The highest BCUT2D eigenvalue weighted by Gasteiger charge is 2.16. The molecule has 1 aliphatic rings. The van der Waals surface area contributed by atoms with E-state index >= 15 is 0 Å². The minimum Gasteiger partial charge on any atom is -0.489 e. The van der Waals surface area contributed by atoms with Gasteiger partial charge in [0.1, 0.15) is 11.9 Å². The lowest BCUT2D eigenvalue weighted by molar-refractivity contribution is 0.167. The van der Waals surface area contributed by atoms with Gasteiger partial charge < -0.3 is 10.1 Å². The summed E-state index contributed by atoms with van der Waals surface area (Å²) >= 11 is 0. The Bertz CT molecular complexity index is 344. The summed E-state index contributed by atoms with van der Waals surface area (Å²) in [4.78, 5) is 0. The van der Waals surface area contributed by atoms with E-state index in [2.05, 4.69) is 50.4 Å². The first kappa shape index (κ1) is 12.4. The molecular formula is C15H23NO. The molecule has 0 bridgehead atoms. The van der Waals surface area contributed by atoms with Gasteiger partial charge in [0.2, 0.25) is 0 Å². The van der Waals surface area contributed by atoms with E-state index in [1.165, 1.54) is 12.0 Å². The SMILES string of the molecule is CC(C)(C)c1ccc(O[C@@H]2CCCNC2)cc1. The number of ether oxygens (including phenoxy) is 1. The molecular weight excluding hydrogens is 210 g/mol. The van der Waals surface area contributed by atoms with Crippen molar-refractivity contribution in [2.45, 2.75) is 45.1 Å². The molecule has 0 radical (unpaired) electrons. The van der Waals surface area contributed by atoms with Crippen molar-refractivity contribution in [3.8, 4) is 5.75 Å². The van der Waals surface area contributed by atoms with Crippen LogP contribution in [-0.4, -0.2) is 19.2 Å². The van der Waals surface area contributed by atoms with Crippen molar-refractivity contribution < 1.29 is 4.74 Å². The number of nitrogens with one attached hydrogen (secondary N) is 1. The maximum Gasteiger partial charge on any atom is 0.119 e. The van der Waals surface area contributed by atoms with E-state index in [4.69, 9.17) is 4.74 Å². The third-order valence-electron chi connectivity index (χ3n) is 3.27. The Kier molecular flexibility index (Phi) is 3.72. The van der Waals surface area contributed by atoms with E-state index in [9.17, 15) is 0 Å². The van der Waals surface area contributed by atoms with Crippen molar-refractivity contribution in [2.75, 3.05) is 13.1 Å². The van der Waals surface area contributed by atoms with E-state index < -0.39 is 0 Å². The molecule has 0 amide bonds. The fraction of sp³-hybridized carbons (Fsp3) is 0.600. The molecule has 1 aliphatic heterocycles. The first-order valence-corrected chi connectivity index (χ1v) is 6.53. The van der Waals surface area contributed by atoms with Crippen LogP contribution >= 0.6 is 0 Å². The zero-order valence-corrected chi connectivity index (χ0v) is 11.1. The normalized spacial score (nSPS) is 21.2. The Morgan fingerprint density at radius 2 is 1.88 bits per heavy atom. The number of hydrogen-bond donors (Lipinski definition) is 1. The lowest BCUT2D eigenvalue weighted by atomic mass is 9.87. The van der Waals surface area contributed by atoms with Crippen molar-refractivity contribution in [3.05, 3.63) is 29.8 Å². The molecule has 1 saturated heterocycles. The fourth-order valence-electron chi connectivity index (χ4n) is 2.15. The molecule has 94 valence electrons. The van der Waals surface area contributed by atoms with E-state index in [1.807, 2.05) is 0 Å². The van der Waals surface area contributed by atoms with Crippen molar-refractivity contribution in [3.63, 3.8) is 0 Å². The predicted octanol–water partition coefficient (Wildman–Crippen LogP) is 3.11. The topological polar surface area (TPSA) is 21.3 Å². The van der Waals surface area contributed by atoms with Gasteiger partial charge >= 0.3 is 0 Å². The summed E-state index contributed by atoms with van der Waals surface area (Å²) in [5, 5.41) is 3.37. The highest BCUT2D eigenvalue weighted by molar-refractivity contribution is 5.31. The molecule has 2 nitrogen and oxygen atoms in total. The van der Waals surface area contributed by atoms with Gasteiger partial charge in [-0.3, -0.25) is 0 Å². The van der Waals surface area contributed by atoms with Crippen molar-refractivity contribution >= 4 is 0 Å². The van der Waals surface area contributed by atoms with Crippen LogP contribution in [0.2, 0.25) is 0 Å². The quantitative estimate of drug-likeness (QED) is 0.847. The number of piperidine rings is 1. The zero-order chi connectivity index (χ0) is 12.3. The highest BCUT2D eigenvalue weighted by atomic mass is 16.5. The first-order chi connectivity index (χ1) is 8.05. The minimum absolute atomic E-state index is 0.213. The van der Waals surface area contributed by atoms with Gasteiger partial charge in [-0.2, -0.15) is 0 Å². The molecule has 0 aromatic heterocycles. The summed E-state index contributed by atoms with van der Waals surface area (Å²) < 4.78 is 5.96. The zero-order valence-electron chi connectivity index (χ0n) is 11.1. The molecule has 2 rings (SSSR count). The summed E-state index contributed by atoms with van der Waals surface area (Å²) in [5.74, 6) is 0.992. The standard InChI is InChI=1S/C15H23NO/c1-15(2,3)12-6-8-13(9-7-12)17-14-5-4-10-16-11-14/h6-9,14,16H,4-5,10-11H2,1-3H3/t14-/m1/s1. The lowest BCUT2D eigenvalue weighted by Crippen LogP contribution is -2.37. The van der Waals surface area contributed by atoms with E-state index in [0.29, 0.717) is 6.10 Å². The molecule has 17 heavy (non-hydrogen) atoms. The van der Waals surface area contributed by atoms with Gasteiger partial charge in [0.15, 0.2) is 0 Å². The minimum atomic E-state index is 0.213. The van der Waals surface area contributed by atoms with Crippen molar-refractivity contribution in [2.24, 2.45) is 0 Å². The molecule has 0 unspecified atom stereocenters. The summed E-state index contributed by atoms with van der Waals surface area (Å²) in [5.41, 5.74) is 1.57. The Labute approximate surface area is 104 Å². The summed E-state index contributed by atoms with van der Waals surface area (Å²) in [7, 11) is 0. The maximum absolute atomic E-state index is 5.96. The Hall–Kier alpha value is -1.02. The Balaban J connectivity index is 1.98.